The number of imide groups is 1. The van der Waals surface area contributed by atoms with Gasteiger partial charge in [0.1, 0.15) is 17.0 Å². The van der Waals surface area contributed by atoms with Gasteiger partial charge in [-0.3, -0.25) is 29.6 Å². The summed E-state index contributed by atoms with van der Waals surface area (Å²) in [6.45, 7) is 12.1. The Bertz CT molecular complexity index is 3310. The van der Waals surface area contributed by atoms with Crippen molar-refractivity contribution in [2.75, 3.05) is 92.9 Å². The zero-order chi connectivity index (χ0) is 56.8. The molecule has 1 aromatic heterocycles. The van der Waals surface area contributed by atoms with Crippen LogP contribution in [0.15, 0.2) is 130 Å². The molecule has 3 N–H and O–H groups in total. The molecule has 1 atom stereocenters. The zero-order valence-electron chi connectivity index (χ0n) is 44.4. The van der Waals surface area contributed by atoms with E-state index >= 15 is 0 Å². The van der Waals surface area contributed by atoms with Crippen LogP contribution in [0.3, 0.4) is 0 Å². The molecule has 0 radical (unpaired) electrons. The van der Waals surface area contributed by atoms with Gasteiger partial charge in [0.2, 0.25) is 5.91 Å². The van der Waals surface area contributed by atoms with Gasteiger partial charge in [-0.15, -0.1) is 11.8 Å². The molecule has 1 aliphatic carbocycles. The number of hydrogen-bond donors (Lipinski definition) is 3. The first-order valence-electron chi connectivity index (χ1n) is 26.5. The van der Waals surface area contributed by atoms with Gasteiger partial charge in [-0.25, -0.2) is 36.3 Å². The van der Waals surface area contributed by atoms with Crippen molar-refractivity contribution in [3.05, 3.63) is 137 Å². The molecule has 0 bridgehead atoms. The molecule has 5 aromatic rings. The summed E-state index contributed by atoms with van der Waals surface area (Å²) in [5, 5.41) is 6.05. The van der Waals surface area contributed by atoms with Gasteiger partial charge in [-0.05, 0) is 109 Å². The Hall–Kier alpha value is -6.08. The maximum absolute atomic E-state index is 14.5. The van der Waals surface area contributed by atoms with E-state index in [2.05, 4.69) is 66.2 Å². The summed E-state index contributed by atoms with van der Waals surface area (Å²) in [6, 6.07) is 24.9. The number of rotatable bonds is 19. The van der Waals surface area contributed by atoms with E-state index in [9.17, 15) is 44.4 Å². The fourth-order valence-electron chi connectivity index (χ4n) is 10.6. The first-order valence-corrected chi connectivity index (χ1v) is 30.8. The molecule has 0 saturated carbocycles. The van der Waals surface area contributed by atoms with Crippen LogP contribution in [0, 0.1) is 5.41 Å². The molecule has 4 aliphatic rings. The summed E-state index contributed by atoms with van der Waals surface area (Å²) < 4.78 is 99.5. The highest BCUT2D eigenvalue weighted by atomic mass is 35.5. The lowest BCUT2D eigenvalue weighted by Crippen LogP contribution is -2.50. The zero-order valence-corrected chi connectivity index (χ0v) is 47.6. The molecular formula is C56H64ClF3N10O7S3. The summed E-state index contributed by atoms with van der Waals surface area (Å²) in [5.74, 6) is -0.689. The highest BCUT2D eigenvalue weighted by Crippen LogP contribution is 2.43. The Labute approximate surface area is 474 Å². The number of sulfone groups is 1. The molecule has 3 fully saturated rings. The summed E-state index contributed by atoms with van der Waals surface area (Å²) in [7, 11) is -11.0. The van der Waals surface area contributed by atoms with E-state index < -0.39 is 58.8 Å². The predicted octanol–water partition coefficient (Wildman–Crippen LogP) is 8.56. The lowest BCUT2D eigenvalue weighted by Gasteiger charge is -2.39. The number of anilines is 3. The number of carbonyl (C=O) groups is 3. The number of piperazine rings is 2. The van der Waals surface area contributed by atoms with E-state index in [1.165, 1.54) is 51.8 Å². The number of aromatic nitrogens is 2. The second-order valence-corrected chi connectivity index (χ2v) is 26.4. The quantitative estimate of drug-likeness (QED) is 0.0665. The molecule has 4 amide bonds. The third kappa shape index (κ3) is 14.5. The molecule has 80 heavy (non-hydrogen) atoms. The van der Waals surface area contributed by atoms with Crippen LogP contribution in [-0.2, 0) is 31.2 Å². The highest BCUT2D eigenvalue weighted by Gasteiger charge is 2.48. The molecule has 426 valence electrons. The molecule has 0 unspecified atom stereocenters. The Morgan fingerprint density at radius 3 is 2.19 bits per heavy atom. The summed E-state index contributed by atoms with van der Waals surface area (Å²) in [4.78, 5) is 55.5. The van der Waals surface area contributed by atoms with Crippen LogP contribution in [0.5, 0.6) is 0 Å². The number of urea groups is 1. The average molecular weight is 1180 g/mol. The molecule has 4 heterocycles. The molecule has 3 saturated heterocycles. The number of nitrogens with one attached hydrogen (secondary N) is 3. The van der Waals surface area contributed by atoms with Crippen molar-refractivity contribution in [1.82, 2.24) is 34.7 Å². The van der Waals surface area contributed by atoms with Crippen LogP contribution >= 0.6 is 23.4 Å². The van der Waals surface area contributed by atoms with Gasteiger partial charge < -0.3 is 15.1 Å². The van der Waals surface area contributed by atoms with Crippen LogP contribution in [0.1, 0.15) is 67.4 Å². The van der Waals surface area contributed by atoms with Crippen LogP contribution in [0.4, 0.5) is 35.2 Å². The van der Waals surface area contributed by atoms with Crippen molar-refractivity contribution in [2.24, 2.45) is 5.41 Å². The molecule has 17 nitrogen and oxygen atoms in total. The Morgan fingerprint density at radius 2 is 1.50 bits per heavy atom. The number of amides is 4. The minimum atomic E-state index is -6.14. The van der Waals surface area contributed by atoms with Crippen molar-refractivity contribution in [2.45, 2.75) is 78.7 Å². The number of halogens is 4. The summed E-state index contributed by atoms with van der Waals surface area (Å²) in [6.07, 6.45) is 6.60. The molecule has 3 aliphatic heterocycles. The van der Waals surface area contributed by atoms with Crippen molar-refractivity contribution < 1.29 is 44.4 Å². The van der Waals surface area contributed by atoms with Crippen molar-refractivity contribution in [3.8, 4) is 0 Å². The molecule has 4 aromatic carbocycles. The predicted molar refractivity (Wildman–Crippen MR) is 304 cm³/mol. The second-order valence-electron chi connectivity index (χ2n) is 21.3. The largest absolute Gasteiger partial charge is 0.501 e. The summed E-state index contributed by atoms with van der Waals surface area (Å²) in [5.41, 5.74) is -0.505. The fourth-order valence-corrected chi connectivity index (χ4v) is 13.7. The topological polar surface area (TPSA) is 198 Å². The van der Waals surface area contributed by atoms with Gasteiger partial charge in [-0.2, -0.15) is 13.2 Å². The lowest BCUT2D eigenvalue weighted by atomic mass is 9.73. The van der Waals surface area contributed by atoms with Crippen LogP contribution in [0.2, 0.25) is 5.02 Å². The number of sulfonamides is 1. The monoisotopic (exact) mass is 1180 g/mol. The van der Waals surface area contributed by atoms with E-state index in [-0.39, 0.29) is 29.9 Å². The Morgan fingerprint density at radius 1 is 0.825 bits per heavy atom. The second kappa shape index (κ2) is 25.0. The lowest BCUT2D eigenvalue weighted by molar-refractivity contribution is -0.120. The van der Waals surface area contributed by atoms with E-state index in [1.807, 2.05) is 47.2 Å². The van der Waals surface area contributed by atoms with Crippen LogP contribution in [0.25, 0.3) is 5.57 Å². The van der Waals surface area contributed by atoms with E-state index in [0.717, 1.165) is 74.7 Å². The fraction of sp³-hybridized carbons (Fsp3) is 0.411. The first kappa shape index (κ1) is 58.6. The number of thioether (sulfide) groups is 1. The van der Waals surface area contributed by atoms with Crippen LogP contribution < -0.4 is 25.2 Å². The smallest absolute Gasteiger partial charge is 0.380 e. The van der Waals surface area contributed by atoms with Crippen molar-refractivity contribution >= 4 is 83.8 Å². The summed E-state index contributed by atoms with van der Waals surface area (Å²) >= 11 is 7.63. The maximum Gasteiger partial charge on any atom is 0.501 e. The first-order chi connectivity index (χ1) is 38.1. The molecule has 24 heteroatoms. The van der Waals surface area contributed by atoms with Crippen molar-refractivity contribution in [3.63, 3.8) is 0 Å². The number of allylic oxidation sites excluding steroid dienone is 1. The standard InChI is InChI=1S/C56H64ClF3N10O7S3/c1-55(2)21-18-48(39-8-12-43(57)13-9-39)41(33-55)35-68-28-30-69(31-29-68)45-14-10-40(11-15-45)53(72)65-80(76,77)47-16-17-49(50(32-47)79(74,75)56(58,59)60)63-44(37-78-46-6-4-3-5-7-46)19-22-66-24-26-67(27-25-66)36-42-34-61-38-62-52(42)70-23-20-51(71)64-54(70)73/h3-17,32,34,38,44,63H,18-31,33,35-37H2,1-2H3,(H,65,72)(H,64,71,73)/t44-/m1/s1. The Balaban J connectivity index is 0.839. The highest BCUT2D eigenvalue weighted by molar-refractivity contribution is 7.99. The van der Waals surface area contributed by atoms with E-state index in [1.54, 1.807) is 18.3 Å². The Kier molecular flexibility index (Phi) is 18.3. The van der Waals surface area contributed by atoms with Gasteiger partial charge in [0.15, 0.2) is 0 Å². The minimum absolute atomic E-state index is 0.0259. The number of nitrogens with zero attached hydrogens (tertiary/aromatic N) is 7. The third-order valence-electron chi connectivity index (χ3n) is 15.0. The van der Waals surface area contributed by atoms with Gasteiger partial charge in [-0.1, -0.05) is 61.4 Å². The van der Waals surface area contributed by atoms with Gasteiger partial charge in [0.05, 0.1) is 10.6 Å². The van der Waals surface area contributed by atoms with Gasteiger partial charge >= 0.3 is 11.5 Å². The number of alkyl halides is 3. The number of hydrogen-bond acceptors (Lipinski definition) is 15. The average Bonchev–Trinajstić information content (AvgIpc) is 3.52. The third-order valence-corrected chi connectivity index (χ3v) is 19.3. The number of benzene rings is 4. The van der Waals surface area contributed by atoms with E-state index in [4.69, 9.17) is 11.6 Å². The van der Waals surface area contributed by atoms with E-state index in [0.29, 0.717) is 73.9 Å². The minimum Gasteiger partial charge on any atom is -0.380 e. The van der Waals surface area contributed by atoms with Gasteiger partial charge in [0, 0.05) is 130 Å². The van der Waals surface area contributed by atoms with Crippen molar-refractivity contribution in [1.29, 1.82) is 0 Å². The molecular weight excluding hydrogens is 1110 g/mol. The number of carbonyl (C=O) groups excluding carboxylic acids is 3. The molecule has 9 rings (SSSR count). The maximum atomic E-state index is 14.5. The molecule has 0 spiro atoms. The van der Waals surface area contributed by atoms with Crippen LogP contribution in [-0.4, -0.2) is 149 Å². The SMILES string of the molecule is CC1(C)CCC(c2ccc(Cl)cc2)=C(CN2CCN(c3ccc(C(=O)NS(=O)(=O)c4ccc(N[C@H](CCN5CCN(Cc6cncnc6N6CCC(=O)NC6=O)CC5)CSc5ccccc5)c(S(=O)(=O)C(F)(F)F)c4)cc3)CC2)C1. The normalized spacial score (nSPS) is 18.5. The van der Waals surface area contributed by atoms with Gasteiger partial charge in [0.25, 0.3) is 25.8 Å².